The van der Waals surface area contributed by atoms with Gasteiger partial charge in [0.25, 0.3) is 0 Å². The van der Waals surface area contributed by atoms with Gasteiger partial charge in [0.05, 0.1) is 6.61 Å². The van der Waals surface area contributed by atoms with Gasteiger partial charge < -0.3 is 4.74 Å². The topological polar surface area (TPSA) is 26.3 Å². The first-order valence-electron chi connectivity index (χ1n) is 4.41. The molecule has 0 aliphatic rings. The third-order valence-corrected chi connectivity index (χ3v) is 2.48. The van der Waals surface area contributed by atoms with Crippen LogP contribution in [0.3, 0.4) is 0 Å². The molecule has 1 aromatic heterocycles. The van der Waals surface area contributed by atoms with Gasteiger partial charge in [-0.1, -0.05) is 11.8 Å². The predicted molar refractivity (Wildman–Crippen MR) is 57.2 cm³/mol. The van der Waals surface area contributed by atoms with Crippen molar-refractivity contribution in [1.82, 2.24) is 0 Å². The highest BCUT2D eigenvalue weighted by atomic mass is 32.1. The van der Waals surface area contributed by atoms with Crippen LogP contribution in [-0.4, -0.2) is 12.6 Å². The van der Waals surface area contributed by atoms with Gasteiger partial charge in [0.1, 0.15) is 6.42 Å². The van der Waals surface area contributed by atoms with E-state index in [0.29, 0.717) is 6.61 Å². The average Bonchev–Trinajstić information content (AvgIpc) is 2.52. The first-order valence-corrected chi connectivity index (χ1v) is 5.35. The molecular weight excluding hydrogens is 196 g/mol. The number of ether oxygens (including phenoxy) is 1. The maximum atomic E-state index is 10.9. The summed E-state index contributed by atoms with van der Waals surface area (Å²) in [5, 5.41) is 4.02. The molecule has 0 radical (unpaired) electrons. The van der Waals surface area contributed by atoms with E-state index in [-0.39, 0.29) is 12.4 Å². The molecule has 14 heavy (non-hydrogen) atoms. The summed E-state index contributed by atoms with van der Waals surface area (Å²) in [6.45, 7) is 4.21. The summed E-state index contributed by atoms with van der Waals surface area (Å²) in [6.07, 6.45) is 0.170. The highest BCUT2D eigenvalue weighted by Crippen LogP contribution is 2.11. The van der Waals surface area contributed by atoms with Crippen LogP contribution >= 0.6 is 11.3 Å². The lowest BCUT2D eigenvalue weighted by Gasteiger charge is -1.94. The maximum absolute atomic E-state index is 10.9. The first kappa shape index (κ1) is 10.8. The summed E-state index contributed by atoms with van der Waals surface area (Å²) >= 11 is 1.62. The Balaban J connectivity index is 2.49. The molecule has 0 aromatic carbocycles. The van der Waals surface area contributed by atoms with Crippen molar-refractivity contribution >= 4 is 17.3 Å². The van der Waals surface area contributed by atoms with Crippen LogP contribution in [0, 0.1) is 18.8 Å². The highest BCUT2D eigenvalue weighted by Gasteiger charge is 1.97. The Kier molecular flexibility index (Phi) is 4.21. The molecule has 0 fully saturated rings. The van der Waals surface area contributed by atoms with Crippen molar-refractivity contribution in [2.75, 3.05) is 6.61 Å². The molecule has 74 valence electrons. The molecule has 1 heterocycles. The van der Waals surface area contributed by atoms with Crippen molar-refractivity contribution < 1.29 is 9.53 Å². The Bertz CT molecular complexity index is 368. The number of carbonyl (C=O) groups is 1. The van der Waals surface area contributed by atoms with Crippen molar-refractivity contribution in [1.29, 1.82) is 0 Å². The molecule has 0 aliphatic heterocycles. The Morgan fingerprint density at radius 2 is 2.36 bits per heavy atom. The van der Waals surface area contributed by atoms with Gasteiger partial charge in [-0.25, -0.2) is 0 Å². The van der Waals surface area contributed by atoms with Crippen LogP contribution in [0.5, 0.6) is 0 Å². The van der Waals surface area contributed by atoms with Crippen LogP contribution in [0.25, 0.3) is 0 Å². The van der Waals surface area contributed by atoms with Crippen LogP contribution in [0.2, 0.25) is 0 Å². The summed E-state index contributed by atoms with van der Waals surface area (Å²) in [4.78, 5) is 10.9. The fraction of sp³-hybridized carbons (Fsp3) is 0.364. The fourth-order valence-electron chi connectivity index (χ4n) is 0.912. The number of carbonyl (C=O) groups excluding carboxylic acids is 1. The molecule has 0 spiro atoms. The van der Waals surface area contributed by atoms with Crippen LogP contribution < -0.4 is 0 Å². The standard InChI is InChI=1S/C11H12O2S/c1-3-13-11(12)6-4-5-10-8-14-7-9(10)2/h7-8H,3,6H2,1-2H3. The lowest BCUT2D eigenvalue weighted by atomic mass is 10.2. The van der Waals surface area contributed by atoms with Gasteiger partial charge in [-0.15, -0.1) is 0 Å². The van der Waals surface area contributed by atoms with Crippen molar-refractivity contribution in [3.8, 4) is 11.8 Å². The van der Waals surface area contributed by atoms with Crippen molar-refractivity contribution in [2.45, 2.75) is 20.3 Å². The Morgan fingerprint density at radius 1 is 1.57 bits per heavy atom. The Hall–Kier alpha value is -1.27. The van der Waals surface area contributed by atoms with Gasteiger partial charge in [-0.05, 0) is 24.8 Å². The largest absolute Gasteiger partial charge is 0.465 e. The normalized spacial score (nSPS) is 9.00. The van der Waals surface area contributed by atoms with E-state index in [0.717, 1.165) is 11.1 Å². The summed E-state index contributed by atoms with van der Waals surface area (Å²) in [5.74, 6) is 5.48. The highest BCUT2D eigenvalue weighted by molar-refractivity contribution is 7.08. The Morgan fingerprint density at radius 3 is 2.93 bits per heavy atom. The molecule has 3 heteroatoms. The fourth-order valence-corrected chi connectivity index (χ4v) is 1.69. The van der Waals surface area contributed by atoms with E-state index in [4.69, 9.17) is 4.74 Å². The molecule has 2 nitrogen and oxygen atoms in total. The van der Waals surface area contributed by atoms with E-state index < -0.39 is 0 Å². The van der Waals surface area contributed by atoms with Crippen LogP contribution in [-0.2, 0) is 9.53 Å². The molecule has 0 saturated carbocycles. The zero-order valence-corrected chi connectivity index (χ0v) is 9.11. The second-order valence-corrected chi connectivity index (χ2v) is 3.50. The molecule has 0 N–H and O–H groups in total. The third kappa shape index (κ3) is 3.23. The molecule has 0 atom stereocenters. The smallest absolute Gasteiger partial charge is 0.317 e. The minimum absolute atomic E-state index is 0.170. The van der Waals surface area contributed by atoms with Gasteiger partial charge in [0.15, 0.2) is 0 Å². The zero-order valence-electron chi connectivity index (χ0n) is 8.29. The van der Waals surface area contributed by atoms with E-state index >= 15 is 0 Å². The molecule has 0 unspecified atom stereocenters. The molecule has 0 saturated heterocycles. The first-order chi connectivity index (χ1) is 6.74. The molecular formula is C11H12O2S. The minimum atomic E-state index is -0.257. The van der Waals surface area contributed by atoms with E-state index in [9.17, 15) is 4.79 Å². The van der Waals surface area contributed by atoms with Gasteiger partial charge in [-0.2, -0.15) is 11.3 Å². The number of thiophene rings is 1. The number of aryl methyl sites for hydroxylation is 1. The monoisotopic (exact) mass is 208 g/mol. The summed E-state index contributed by atoms with van der Waals surface area (Å²) in [6, 6.07) is 0. The van der Waals surface area contributed by atoms with Crippen molar-refractivity contribution in [3.63, 3.8) is 0 Å². The van der Waals surface area contributed by atoms with E-state index in [1.165, 1.54) is 0 Å². The predicted octanol–water partition coefficient (Wildman–Crippen LogP) is 2.36. The molecule has 1 rings (SSSR count). The molecule has 0 bridgehead atoms. The lowest BCUT2D eigenvalue weighted by molar-refractivity contribution is -0.141. The van der Waals surface area contributed by atoms with Gasteiger partial charge >= 0.3 is 5.97 Å². The molecule has 0 aliphatic carbocycles. The summed E-state index contributed by atoms with van der Waals surface area (Å²) < 4.78 is 4.75. The second-order valence-electron chi connectivity index (χ2n) is 2.75. The number of hydrogen-bond acceptors (Lipinski definition) is 3. The molecule has 1 aromatic rings. The number of rotatable bonds is 2. The van der Waals surface area contributed by atoms with E-state index in [1.807, 2.05) is 17.7 Å². The van der Waals surface area contributed by atoms with Gasteiger partial charge in [-0.3, -0.25) is 4.79 Å². The molecule has 0 amide bonds. The lowest BCUT2D eigenvalue weighted by Crippen LogP contribution is -2.01. The zero-order chi connectivity index (χ0) is 10.4. The third-order valence-electron chi connectivity index (χ3n) is 1.62. The minimum Gasteiger partial charge on any atom is -0.465 e. The summed E-state index contributed by atoms with van der Waals surface area (Å²) in [7, 11) is 0. The van der Waals surface area contributed by atoms with Gasteiger partial charge in [0.2, 0.25) is 0 Å². The second kappa shape index (κ2) is 5.46. The Labute approximate surface area is 87.9 Å². The number of esters is 1. The SMILES string of the molecule is CCOC(=O)CC#Cc1cscc1C. The van der Waals surface area contributed by atoms with Gasteiger partial charge in [0, 0.05) is 10.9 Å². The maximum Gasteiger partial charge on any atom is 0.317 e. The van der Waals surface area contributed by atoms with Crippen LogP contribution in [0.4, 0.5) is 0 Å². The van der Waals surface area contributed by atoms with E-state index in [1.54, 1.807) is 18.3 Å². The van der Waals surface area contributed by atoms with Crippen LogP contribution in [0.15, 0.2) is 10.8 Å². The van der Waals surface area contributed by atoms with E-state index in [2.05, 4.69) is 11.8 Å². The average molecular weight is 208 g/mol. The summed E-state index contributed by atoms with van der Waals surface area (Å²) in [5.41, 5.74) is 2.16. The van der Waals surface area contributed by atoms with Crippen LogP contribution in [0.1, 0.15) is 24.5 Å². The van der Waals surface area contributed by atoms with Crippen molar-refractivity contribution in [2.24, 2.45) is 0 Å². The van der Waals surface area contributed by atoms with Crippen molar-refractivity contribution in [3.05, 3.63) is 21.9 Å². The number of hydrogen-bond donors (Lipinski definition) is 0. The quantitative estimate of drug-likeness (QED) is 0.551.